The molecule has 0 atom stereocenters. The van der Waals surface area contributed by atoms with Crippen LogP contribution in [0.4, 0.5) is 0 Å². The lowest BCUT2D eigenvalue weighted by Gasteiger charge is -2.31. The molecule has 0 radical (unpaired) electrons. The summed E-state index contributed by atoms with van der Waals surface area (Å²) >= 11 is 6.15. The molecule has 3 rings (SSSR count). The Kier molecular flexibility index (Phi) is 11.2. The number of aromatic amines is 2. The zero-order valence-corrected chi connectivity index (χ0v) is 22.2. The highest BCUT2D eigenvalue weighted by atomic mass is 35.5. The number of nitrogens with zero attached hydrogens (tertiary/aromatic N) is 2. The normalized spacial score (nSPS) is 12.6. The van der Waals surface area contributed by atoms with Crippen molar-refractivity contribution >= 4 is 45.3 Å². The third kappa shape index (κ3) is 9.15. The van der Waals surface area contributed by atoms with Gasteiger partial charge in [-0.05, 0) is 6.07 Å². The monoisotopic (exact) mass is 644 g/mol. The fraction of sp³-hybridized carbons (Fsp3) is 0.300. The molecule has 2 aromatic heterocycles. The minimum Gasteiger partial charge on any atom is -0.477 e. The van der Waals surface area contributed by atoms with Gasteiger partial charge in [-0.3, -0.25) is 9.59 Å². The quantitative estimate of drug-likeness (QED) is 0.0875. The molecule has 0 unspecified atom stereocenters. The number of benzene rings is 1. The Hall–Kier alpha value is -3.69. The van der Waals surface area contributed by atoms with E-state index in [1.54, 1.807) is 0 Å². The molecule has 22 nitrogen and oxygen atoms in total. The molecule has 0 aliphatic carbocycles. The number of hydrogen-bond donors (Lipinski definition) is 16. The first-order chi connectivity index (χ1) is 19.1. The van der Waals surface area contributed by atoms with E-state index in [1.165, 1.54) is 18.3 Å². The molecule has 0 fully saturated rings. The average molecular weight is 645 g/mol. The number of pyridine rings is 2. The van der Waals surface area contributed by atoms with E-state index in [0.717, 1.165) is 0 Å². The van der Waals surface area contributed by atoms with Gasteiger partial charge in [-0.15, -0.1) is 0 Å². The Bertz CT molecular complexity index is 1550. The molecule has 0 aliphatic heterocycles. The molecule has 0 saturated heterocycles. The van der Waals surface area contributed by atoms with Gasteiger partial charge < -0.3 is 81.5 Å². The van der Waals surface area contributed by atoms with Gasteiger partial charge in [0.1, 0.15) is 11.3 Å². The third-order valence-electron chi connectivity index (χ3n) is 5.19. The van der Waals surface area contributed by atoms with Gasteiger partial charge >= 0.3 is 36.3 Å². The largest absolute Gasteiger partial charge is 0.477 e. The van der Waals surface area contributed by atoms with E-state index in [2.05, 4.69) is 9.97 Å². The van der Waals surface area contributed by atoms with Gasteiger partial charge in [-0.1, -0.05) is 11.6 Å². The maximum atomic E-state index is 12.4. The summed E-state index contributed by atoms with van der Waals surface area (Å²) in [6.07, 6.45) is -12.5. The van der Waals surface area contributed by atoms with Crippen molar-refractivity contribution in [2.75, 3.05) is 14.1 Å². The van der Waals surface area contributed by atoms with Gasteiger partial charge in [0.15, 0.2) is 5.43 Å². The van der Waals surface area contributed by atoms with Gasteiger partial charge in [0, 0.05) is 37.1 Å². The molecule has 23 heteroatoms. The second kappa shape index (κ2) is 12.9. The minimum absolute atomic E-state index is 0.0617. The summed E-state index contributed by atoms with van der Waals surface area (Å²) in [6.45, 7) is 0. The summed E-state index contributed by atoms with van der Waals surface area (Å²) in [5, 5.41) is 116. The Morgan fingerprint density at radius 3 is 1.47 bits per heavy atom. The van der Waals surface area contributed by atoms with Gasteiger partial charge in [0.2, 0.25) is 5.43 Å². The molecule has 16 N–H and O–H groups in total. The van der Waals surface area contributed by atoms with Crippen molar-refractivity contribution in [2.45, 2.75) is 24.4 Å². The number of nitrogens with one attached hydrogen (secondary N) is 2. The van der Waals surface area contributed by atoms with Crippen LogP contribution in [0.5, 0.6) is 0 Å². The van der Waals surface area contributed by atoms with Crippen molar-refractivity contribution in [2.24, 2.45) is 0 Å². The second-order valence-electron chi connectivity index (χ2n) is 8.21. The van der Waals surface area contributed by atoms with Crippen LogP contribution in [0, 0.1) is 0 Å². The summed E-state index contributed by atoms with van der Waals surface area (Å²) in [5.74, 6) is -3.30. The van der Waals surface area contributed by atoms with Crippen LogP contribution in [-0.4, -0.2) is 142 Å². The Labute approximate surface area is 240 Å². The fourth-order valence-corrected chi connectivity index (χ4v) is 3.09. The highest BCUT2D eigenvalue weighted by Crippen LogP contribution is 2.28. The van der Waals surface area contributed by atoms with Crippen LogP contribution in [0.3, 0.4) is 0 Å². The number of rotatable bonds is 6. The molecule has 0 bridgehead atoms. The molecule has 0 spiro atoms. The smallest absolute Gasteiger partial charge is 0.353 e. The maximum Gasteiger partial charge on any atom is 0.353 e. The summed E-state index contributed by atoms with van der Waals surface area (Å²) < 4.78 is 0. The molecule has 3 aromatic rings. The van der Waals surface area contributed by atoms with Crippen molar-refractivity contribution in [3.8, 4) is 0 Å². The molecular weight excluding hydrogens is 620 g/mol. The van der Waals surface area contributed by atoms with Gasteiger partial charge in [0.05, 0.1) is 16.1 Å². The van der Waals surface area contributed by atoms with Crippen LogP contribution in [0.1, 0.15) is 20.8 Å². The van der Waals surface area contributed by atoms with Crippen LogP contribution >= 0.6 is 11.6 Å². The molecule has 1 aromatic carbocycles. The second-order valence-corrected chi connectivity index (χ2v) is 8.59. The van der Waals surface area contributed by atoms with E-state index in [1.807, 2.05) is 0 Å². The minimum atomic E-state index is -3.47. The molecule has 2 heterocycles. The molecule has 0 aliphatic rings. The van der Waals surface area contributed by atoms with Crippen molar-refractivity contribution in [3.63, 3.8) is 0 Å². The summed E-state index contributed by atoms with van der Waals surface area (Å²) in [7, 11) is 1.33. The fourth-order valence-electron chi connectivity index (χ4n) is 2.78. The number of hydrogen-bond acceptors (Lipinski definition) is 18. The highest BCUT2D eigenvalue weighted by Gasteiger charge is 2.41. The van der Waals surface area contributed by atoms with Crippen LogP contribution in [0.2, 0.25) is 5.02 Å². The van der Waals surface area contributed by atoms with E-state index >= 15 is 0 Å². The van der Waals surface area contributed by atoms with Gasteiger partial charge in [-0.25, -0.2) is 9.59 Å². The van der Waals surface area contributed by atoms with Crippen LogP contribution in [0.25, 0.3) is 21.8 Å². The summed E-state index contributed by atoms with van der Waals surface area (Å²) in [6, 6.07) is 2.41. The lowest BCUT2D eigenvalue weighted by atomic mass is 10.1. The number of carboxylic acid groups (broad SMARTS) is 2. The van der Waals surface area contributed by atoms with Crippen molar-refractivity contribution in [1.82, 2.24) is 19.8 Å². The first kappa shape index (κ1) is 37.3. The van der Waals surface area contributed by atoms with Crippen LogP contribution in [0.15, 0.2) is 27.9 Å². The van der Waals surface area contributed by atoms with Gasteiger partial charge in [0.25, 0.3) is 0 Å². The number of aromatic nitrogens is 2. The lowest BCUT2D eigenvalue weighted by molar-refractivity contribution is -0.505. The SMILES string of the molecule is CN(C(O)(O)O)C(O)(O)O.CN(C(O)(O)O)C(O)(O)O.O=C(O)c1[nH]c2c(Cl)c3[nH]ccc(=O)c3cc2c(=O)c1C(=O)O. The zero-order chi connectivity index (χ0) is 34.0. The first-order valence-corrected chi connectivity index (χ1v) is 11.0. The van der Waals surface area contributed by atoms with Crippen LogP contribution in [-0.2, 0) is 0 Å². The van der Waals surface area contributed by atoms with Crippen molar-refractivity contribution in [1.29, 1.82) is 0 Å². The molecule has 0 amide bonds. The number of halogens is 1. The van der Waals surface area contributed by atoms with Crippen molar-refractivity contribution < 1.29 is 81.1 Å². The third-order valence-corrected chi connectivity index (χ3v) is 5.57. The molecule has 43 heavy (non-hydrogen) atoms. The predicted octanol–water partition coefficient (Wildman–Crippen LogP) is -6.39. The number of fused-ring (bicyclic) bond motifs is 2. The topological polar surface area (TPSA) is 390 Å². The Morgan fingerprint density at radius 1 is 0.721 bits per heavy atom. The van der Waals surface area contributed by atoms with E-state index in [0.29, 0.717) is 14.1 Å². The summed E-state index contributed by atoms with van der Waals surface area (Å²) in [5.41, 5.74) is -3.01. The number of carboxylic acids is 2. The van der Waals surface area contributed by atoms with Crippen LogP contribution < -0.4 is 10.9 Å². The zero-order valence-electron chi connectivity index (χ0n) is 21.4. The molecule has 240 valence electrons. The number of aromatic carboxylic acids is 2. The van der Waals surface area contributed by atoms with Crippen molar-refractivity contribution in [3.05, 3.63) is 55.1 Å². The van der Waals surface area contributed by atoms with E-state index in [-0.39, 0.29) is 36.6 Å². The lowest BCUT2D eigenvalue weighted by Crippen LogP contribution is -2.59. The summed E-state index contributed by atoms with van der Waals surface area (Å²) in [4.78, 5) is 51.2. The molecular formula is C20H25ClN4O18. The van der Waals surface area contributed by atoms with E-state index in [9.17, 15) is 19.2 Å². The first-order valence-electron chi connectivity index (χ1n) is 10.7. The highest BCUT2D eigenvalue weighted by molar-refractivity contribution is 6.40. The maximum absolute atomic E-state index is 12.4. The number of carbonyl (C=O) groups is 2. The predicted molar refractivity (Wildman–Crippen MR) is 135 cm³/mol. The van der Waals surface area contributed by atoms with E-state index < -0.39 is 58.4 Å². The average Bonchev–Trinajstić information content (AvgIpc) is 2.82. The van der Waals surface area contributed by atoms with Gasteiger partial charge in [-0.2, -0.15) is 9.80 Å². The number of H-pyrrole nitrogens is 2. The number of aliphatic hydroxyl groups is 12. The Balaban J connectivity index is 0.000000386. The Morgan fingerprint density at radius 2 is 1.14 bits per heavy atom. The standard InChI is InChI=1S/C14H7ClN2O6.2C3H9NO6/c15-8-9-4(6(18)1-2-16-9)3-5-10(8)17-11(14(22)23)7(12(5)19)13(20)21;2*1-4(2(5,6)7)3(8,9)10/h1-3H,(H,16,18)(H,17,19)(H,20,21)(H,22,23);2*5-10H,1H3. The molecule has 0 saturated carbocycles. The van der Waals surface area contributed by atoms with E-state index in [4.69, 9.17) is 83.1 Å².